The van der Waals surface area contributed by atoms with Crippen molar-refractivity contribution in [3.63, 3.8) is 0 Å². The van der Waals surface area contributed by atoms with Crippen molar-refractivity contribution >= 4 is 17.2 Å². The molecular formula is C11H18N2O2S. The zero-order chi connectivity index (χ0) is 12.0. The van der Waals surface area contributed by atoms with Crippen LogP contribution in [0.4, 0.5) is 0 Å². The first-order chi connectivity index (χ1) is 7.71. The highest BCUT2D eigenvalue weighted by molar-refractivity contribution is 7.13. The van der Waals surface area contributed by atoms with Crippen molar-refractivity contribution in [2.75, 3.05) is 6.61 Å². The van der Waals surface area contributed by atoms with Gasteiger partial charge in [-0.2, -0.15) is 0 Å². The Bertz CT molecular complexity index is 334. The molecule has 0 fully saturated rings. The highest BCUT2D eigenvalue weighted by atomic mass is 32.1. The lowest BCUT2D eigenvalue weighted by molar-refractivity contribution is 0.0919. The zero-order valence-electron chi connectivity index (χ0n) is 9.69. The molecule has 1 unspecified atom stereocenters. The number of nitrogens with one attached hydrogen (secondary N) is 1. The largest absolute Gasteiger partial charge is 0.394 e. The molecule has 1 heterocycles. The maximum Gasteiger partial charge on any atom is 0.263 e. The molecule has 0 aliphatic heterocycles. The lowest BCUT2D eigenvalue weighted by Crippen LogP contribution is -2.36. The highest BCUT2D eigenvalue weighted by Gasteiger charge is 2.13. The van der Waals surface area contributed by atoms with Crippen LogP contribution < -0.4 is 5.32 Å². The molecule has 1 rings (SSSR count). The van der Waals surface area contributed by atoms with Gasteiger partial charge in [-0.3, -0.25) is 4.79 Å². The van der Waals surface area contributed by atoms with Crippen LogP contribution in [-0.2, 0) is 6.42 Å². The molecule has 1 atom stereocenters. The number of hydrogen-bond acceptors (Lipinski definition) is 4. The number of amides is 1. The number of rotatable bonds is 6. The number of carbonyl (C=O) groups excluding carboxylic acids is 1. The SMILES string of the molecule is CCCc1ncc(C(=O)NC(CC)CO)s1. The first-order valence-corrected chi connectivity index (χ1v) is 6.39. The Morgan fingerprint density at radius 1 is 1.62 bits per heavy atom. The lowest BCUT2D eigenvalue weighted by atomic mass is 10.2. The van der Waals surface area contributed by atoms with Gasteiger partial charge in [-0.15, -0.1) is 11.3 Å². The van der Waals surface area contributed by atoms with Gasteiger partial charge < -0.3 is 10.4 Å². The summed E-state index contributed by atoms with van der Waals surface area (Å²) in [7, 11) is 0. The Balaban J connectivity index is 2.58. The topological polar surface area (TPSA) is 62.2 Å². The molecule has 1 aromatic heterocycles. The van der Waals surface area contributed by atoms with Crippen molar-refractivity contribution in [2.45, 2.75) is 39.2 Å². The number of aliphatic hydroxyl groups is 1. The van der Waals surface area contributed by atoms with Crippen molar-refractivity contribution in [3.8, 4) is 0 Å². The van der Waals surface area contributed by atoms with Crippen molar-refractivity contribution in [1.29, 1.82) is 0 Å². The van der Waals surface area contributed by atoms with Gasteiger partial charge in [-0.05, 0) is 19.3 Å². The van der Waals surface area contributed by atoms with Crippen LogP contribution in [0.1, 0.15) is 41.4 Å². The van der Waals surface area contributed by atoms with Gasteiger partial charge in [-0.1, -0.05) is 13.8 Å². The first kappa shape index (κ1) is 13.1. The summed E-state index contributed by atoms with van der Waals surface area (Å²) < 4.78 is 0. The minimum atomic E-state index is -0.163. The Kier molecular flexibility index (Phi) is 5.42. The summed E-state index contributed by atoms with van der Waals surface area (Å²) in [5.74, 6) is -0.138. The number of nitrogens with zero attached hydrogens (tertiary/aromatic N) is 1. The molecule has 4 nitrogen and oxygen atoms in total. The fourth-order valence-corrected chi connectivity index (χ4v) is 2.20. The van der Waals surface area contributed by atoms with Crippen LogP contribution in [0, 0.1) is 0 Å². The van der Waals surface area contributed by atoms with E-state index in [1.165, 1.54) is 11.3 Å². The third-order valence-electron chi connectivity index (χ3n) is 2.29. The average molecular weight is 242 g/mol. The van der Waals surface area contributed by atoms with E-state index in [9.17, 15) is 4.79 Å². The van der Waals surface area contributed by atoms with Crippen LogP contribution in [0.25, 0.3) is 0 Å². The summed E-state index contributed by atoms with van der Waals surface area (Å²) in [5.41, 5.74) is 0. The standard InChI is InChI=1S/C11H18N2O2S/c1-3-5-10-12-6-9(16-10)11(15)13-8(4-2)7-14/h6,8,14H,3-5,7H2,1-2H3,(H,13,15). The normalized spacial score (nSPS) is 12.4. The molecule has 0 aliphatic carbocycles. The summed E-state index contributed by atoms with van der Waals surface area (Å²) in [4.78, 5) is 16.5. The van der Waals surface area contributed by atoms with Gasteiger partial charge in [-0.25, -0.2) is 4.98 Å². The van der Waals surface area contributed by atoms with Gasteiger partial charge in [0.05, 0.1) is 23.9 Å². The number of carbonyl (C=O) groups is 1. The fraction of sp³-hybridized carbons (Fsp3) is 0.636. The summed E-state index contributed by atoms with van der Waals surface area (Å²) in [6.45, 7) is 3.99. The van der Waals surface area contributed by atoms with Crippen LogP contribution in [0.15, 0.2) is 6.20 Å². The molecule has 16 heavy (non-hydrogen) atoms. The molecule has 0 aliphatic rings. The van der Waals surface area contributed by atoms with E-state index in [4.69, 9.17) is 5.11 Å². The number of aryl methyl sites for hydroxylation is 1. The van der Waals surface area contributed by atoms with E-state index in [1.807, 2.05) is 6.92 Å². The molecule has 0 spiro atoms. The van der Waals surface area contributed by atoms with Crippen molar-refractivity contribution in [2.24, 2.45) is 0 Å². The van der Waals surface area contributed by atoms with Crippen LogP contribution >= 0.6 is 11.3 Å². The van der Waals surface area contributed by atoms with E-state index >= 15 is 0 Å². The van der Waals surface area contributed by atoms with E-state index in [2.05, 4.69) is 17.2 Å². The summed E-state index contributed by atoms with van der Waals surface area (Å²) >= 11 is 1.42. The molecule has 0 saturated carbocycles. The van der Waals surface area contributed by atoms with Gasteiger partial charge >= 0.3 is 0 Å². The van der Waals surface area contributed by atoms with Crippen molar-refractivity contribution in [3.05, 3.63) is 16.1 Å². The highest BCUT2D eigenvalue weighted by Crippen LogP contribution is 2.14. The van der Waals surface area contributed by atoms with Crippen molar-refractivity contribution in [1.82, 2.24) is 10.3 Å². The third-order valence-corrected chi connectivity index (χ3v) is 3.35. The molecule has 90 valence electrons. The Morgan fingerprint density at radius 3 is 2.94 bits per heavy atom. The molecule has 0 aromatic carbocycles. The number of thiazole rings is 1. The molecule has 0 bridgehead atoms. The van der Waals surface area contributed by atoms with Crippen LogP contribution in [-0.4, -0.2) is 28.6 Å². The molecule has 1 amide bonds. The molecule has 0 saturated heterocycles. The second-order valence-electron chi connectivity index (χ2n) is 3.63. The second kappa shape index (κ2) is 6.60. The molecule has 0 radical (unpaired) electrons. The van der Waals surface area contributed by atoms with Crippen molar-refractivity contribution < 1.29 is 9.90 Å². The zero-order valence-corrected chi connectivity index (χ0v) is 10.5. The third kappa shape index (κ3) is 3.57. The van der Waals surface area contributed by atoms with Gasteiger partial charge in [0.1, 0.15) is 4.88 Å². The molecule has 2 N–H and O–H groups in total. The summed E-state index contributed by atoms with van der Waals surface area (Å²) in [6, 6.07) is -0.163. The predicted octanol–water partition coefficient (Wildman–Crippen LogP) is 1.60. The van der Waals surface area contributed by atoms with E-state index < -0.39 is 0 Å². The maximum atomic E-state index is 11.7. The van der Waals surface area contributed by atoms with E-state index in [-0.39, 0.29) is 18.6 Å². The number of aromatic nitrogens is 1. The summed E-state index contributed by atoms with van der Waals surface area (Å²) in [6.07, 6.45) is 4.27. The van der Waals surface area contributed by atoms with Gasteiger partial charge in [0.25, 0.3) is 5.91 Å². The minimum Gasteiger partial charge on any atom is -0.394 e. The fourth-order valence-electron chi connectivity index (χ4n) is 1.28. The van der Waals surface area contributed by atoms with Gasteiger partial charge in [0.2, 0.25) is 0 Å². The second-order valence-corrected chi connectivity index (χ2v) is 4.74. The van der Waals surface area contributed by atoms with E-state index in [1.54, 1.807) is 6.20 Å². The van der Waals surface area contributed by atoms with Gasteiger partial charge in [0, 0.05) is 0 Å². The average Bonchev–Trinajstić information content (AvgIpc) is 2.74. The monoisotopic (exact) mass is 242 g/mol. The predicted molar refractivity (Wildman–Crippen MR) is 64.7 cm³/mol. The molecular weight excluding hydrogens is 224 g/mol. The number of hydrogen-bond donors (Lipinski definition) is 2. The van der Waals surface area contributed by atoms with E-state index in [0.29, 0.717) is 4.88 Å². The Labute approximate surface area is 99.7 Å². The summed E-state index contributed by atoms with van der Waals surface area (Å²) in [5, 5.41) is 12.7. The maximum absolute atomic E-state index is 11.7. The van der Waals surface area contributed by atoms with Crippen LogP contribution in [0.3, 0.4) is 0 Å². The first-order valence-electron chi connectivity index (χ1n) is 5.57. The lowest BCUT2D eigenvalue weighted by Gasteiger charge is -2.12. The Morgan fingerprint density at radius 2 is 2.38 bits per heavy atom. The smallest absolute Gasteiger partial charge is 0.263 e. The van der Waals surface area contributed by atoms with E-state index in [0.717, 1.165) is 24.3 Å². The molecule has 1 aromatic rings. The quantitative estimate of drug-likeness (QED) is 0.796. The van der Waals surface area contributed by atoms with Gasteiger partial charge in [0.15, 0.2) is 0 Å². The minimum absolute atomic E-state index is 0.0249. The Hall–Kier alpha value is -0.940. The van der Waals surface area contributed by atoms with Crippen LogP contribution in [0.5, 0.6) is 0 Å². The number of aliphatic hydroxyl groups excluding tert-OH is 1. The molecule has 5 heteroatoms. The van der Waals surface area contributed by atoms with Crippen LogP contribution in [0.2, 0.25) is 0 Å².